The Morgan fingerprint density at radius 2 is 1.83 bits per heavy atom. The molecule has 1 N–H and O–H groups in total. The first-order valence-corrected chi connectivity index (χ1v) is 10.3. The van der Waals surface area contributed by atoms with Crippen molar-refractivity contribution in [2.24, 2.45) is 0 Å². The monoisotopic (exact) mass is 430 g/mol. The van der Waals surface area contributed by atoms with Crippen LogP contribution in [0.15, 0.2) is 48.5 Å². The van der Waals surface area contributed by atoms with Crippen LogP contribution < -0.4 is 10.1 Å². The smallest absolute Gasteiger partial charge is 0.259 e. The van der Waals surface area contributed by atoms with E-state index in [1.165, 1.54) is 4.90 Å². The second kappa shape index (κ2) is 9.96. The Bertz CT molecular complexity index is 877. The van der Waals surface area contributed by atoms with Crippen LogP contribution in [0.25, 0.3) is 0 Å². The van der Waals surface area contributed by atoms with Crippen molar-refractivity contribution in [1.29, 1.82) is 0 Å². The molecule has 7 heteroatoms. The van der Waals surface area contributed by atoms with Gasteiger partial charge in [0.05, 0.1) is 0 Å². The number of amides is 2. The highest BCUT2D eigenvalue weighted by atomic mass is 35.5. The van der Waals surface area contributed by atoms with Gasteiger partial charge in [-0.15, -0.1) is 0 Å². The average Bonchev–Trinajstić information content (AvgIpc) is 2.77. The number of halogens is 1. The number of hydrogen-bond acceptors (Lipinski definition) is 4. The van der Waals surface area contributed by atoms with Crippen molar-refractivity contribution in [2.45, 2.75) is 18.3 Å². The van der Waals surface area contributed by atoms with Crippen molar-refractivity contribution in [3.63, 3.8) is 0 Å². The van der Waals surface area contributed by atoms with E-state index < -0.39 is 0 Å². The normalized spacial score (nSPS) is 15.3. The van der Waals surface area contributed by atoms with Crippen LogP contribution >= 0.6 is 11.6 Å². The third-order valence-corrected chi connectivity index (χ3v) is 5.70. The zero-order valence-corrected chi connectivity index (χ0v) is 18.1. The summed E-state index contributed by atoms with van der Waals surface area (Å²) >= 11 is 6.05. The molecule has 0 bridgehead atoms. The molecule has 0 unspecified atom stereocenters. The van der Waals surface area contributed by atoms with E-state index >= 15 is 0 Å². The third kappa shape index (κ3) is 5.52. The molecule has 0 spiro atoms. The van der Waals surface area contributed by atoms with E-state index in [9.17, 15) is 9.59 Å². The summed E-state index contributed by atoms with van der Waals surface area (Å²) in [6, 6.07) is 14.7. The fourth-order valence-electron chi connectivity index (χ4n) is 3.49. The van der Waals surface area contributed by atoms with E-state index in [1.807, 2.05) is 24.3 Å². The van der Waals surface area contributed by atoms with Gasteiger partial charge in [-0.1, -0.05) is 29.8 Å². The molecule has 0 aliphatic carbocycles. The van der Waals surface area contributed by atoms with Gasteiger partial charge in [0.2, 0.25) is 0 Å². The fraction of sp³-hybridized carbons (Fsp3) is 0.391. The Morgan fingerprint density at radius 1 is 1.13 bits per heavy atom. The van der Waals surface area contributed by atoms with Crippen LogP contribution in [0.4, 0.5) is 0 Å². The summed E-state index contributed by atoms with van der Waals surface area (Å²) in [5.74, 6) is 0.157. The molecule has 3 rings (SSSR count). The molecular weight excluding hydrogens is 404 g/mol. The zero-order valence-electron chi connectivity index (χ0n) is 17.3. The number of rotatable bonds is 7. The predicted octanol–water partition coefficient (Wildman–Crippen LogP) is 3.29. The first kappa shape index (κ1) is 22.1. The van der Waals surface area contributed by atoms with Crippen LogP contribution in [0.1, 0.15) is 28.8 Å². The molecule has 1 saturated heterocycles. The molecule has 30 heavy (non-hydrogen) atoms. The molecule has 0 aromatic heterocycles. The third-order valence-electron chi connectivity index (χ3n) is 5.45. The van der Waals surface area contributed by atoms with Crippen LogP contribution in [0.2, 0.25) is 5.02 Å². The van der Waals surface area contributed by atoms with E-state index in [-0.39, 0.29) is 23.8 Å². The van der Waals surface area contributed by atoms with E-state index in [2.05, 4.69) is 5.32 Å². The van der Waals surface area contributed by atoms with Gasteiger partial charge in [0, 0.05) is 49.9 Å². The lowest BCUT2D eigenvalue weighted by molar-refractivity contribution is -0.130. The number of nitrogens with zero attached hydrogens (tertiary/aromatic N) is 1. The maximum atomic E-state index is 12.8. The van der Waals surface area contributed by atoms with Gasteiger partial charge >= 0.3 is 0 Å². The van der Waals surface area contributed by atoms with E-state index in [1.54, 1.807) is 38.4 Å². The van der Waals surface area contributed by atoms with E-state index in [0.29, 0.717) is 36.1 Å². The maximum absolute atomic E-state index is 12.8. The van der Waals surface area contributed by atoms with Crippen LogP contribution in [-0.2, 0) is 14.9 Å². The van der Waals surface area contributed by atoms with Crippen molar-refractivity contribution in [3.8, 4) is 5.75 Å². The Hall–Kier alpha value is -2.57. The molecule has 0 saturated carbocycles. The number of hydrogen-bond donors (Lipinski definition) is 1. The van der Waals surface area contributed by atoms with Crippen LogP contribution in [0.3, 0.4) is 0 Å². The molecular formula is C23H27ClN2O4. The summed E-state index contributed by atoms with van der Waals surface area (Å²) in [5, 5.41) is 3.76. The largest absolute Gasteiger partial charge is 0.484 e. The van der Waals surface area contributed by atoms with Crippen molar-refractivity contribution >= 4 is 23.4 Å². The molecule has 160 valence electrons. The Balaban J connectivity index is 1.68. The quantitative estimate of drug-likeness (QED) is 0.732. The van der Waals surface area contributed by atoms with Crippen molar-refractivity contribution in [3.05, 3.63) is 64.7 Å². The highest BCUT2D eigenvalue weighted by molar-refractivity contribution is 6.30. The number of ether oxygens (including phenoxy) is 2. The molecule has 2 aromatic rings. The number of carbonyl (C=O) groups is 2. The minimum atomic E-state index is -0.190. The maximum Gasteiger partial charge on any atom is 0.259 e. The Labute approximate surface area is 182 Å². The highest BCUT2D eigenvalue weighted by Gasteiger charge is 2.35. The molecule has 6 nitrogen and oxygen atoms in total. The number of likely N-dealkylation sites (N-methyl/N-ethyl adjacent to an activating group) is 1. The molecule has 2 amide bonds. The van der Waals surface area contributed by atoms with Gasteiger partial charge in [0.25, 0.3) is 11.8 Å². The van der Waals surface area contributed by atoms with Gasteiger partial charge < -0.3 is 19.7 Å². The van der Waals surface area contributed by atoms with E-state index in [0.717, 1.165) is 18.4 Å². The first-order chi connectivity index (χ1) is 14.4. The lowest BCUT2D eigenvalue weighted by atomic mass is 9.74. The summed E-state index contributed by atoms with van der Waals surface area (Å²) in [7, 11) is 3.34. The van der Waals surface area contributed by atoms with Crippen molar-refractivity contribution < 1.29 is 19.1 Å². The fourth-order valence-corrected chi connectivity index (χ4v) is 3.61. The van der Waals surface area contributed by atoms with Gasteiger partial charge in [-0.25, -0.2) is 0 Å². The minimum Gasteiger partial charge on any atom is -0.484 e. The van der Waals surface area contributed by atoms with Crippen LogP contribution in [0, 0.1) is 0 Å². The standard InChI is InChI=1S/C23H27ClN2O4/c1-26(2)21(27)15-30-20-5-3-4-17(14-20)22(28)25-16-23(10-12-29-13-11-23)18-6-8-19(24)9-7-18/h3-9,14H,10-13,15-16H2,1-2H3,(H,25,28). The Kier molecular flexibility index (Phi) is 7.34. The lowest BCUT2D eigenvalue weighted by Crippen LogP contribution is -2.44. The summed E-state index contributed by atoms with van der Waals surface area (Å²) in [5.41, 5.74) is 1.45. The van der Waals surface area contributed by atoms with Gasteiger partial charge in [-0.2, -0.15) is 0 Å². The average molecular weight is 431 g/mol. The number of benzene rings is 2. The molecule has 1 fully saturated rings. The Morgan fingerprint density at radius 3 is 2.50 bits per heavy atom. The molecule has 0 radical (unpaired) electrons. The number of carbonyl (C=O) groups excluding carboxylic acids is 2. The van der Waals surface area contributed by atoms with Gasteiger partial charge in [0.1, 0.15) is 5.75 Å². The topological polar surface area (TPSA) is 67.9 Å². The van der Waals surface area contributed by atoms with Gasteiger partial charge in [-0.05, 0) is 48.7 Å². The SMILES string of the molecule is CN(C)C(=O)COc1cccc(C(=O)NCC2(c3ccc(Cl)cc3)CCOCC2)c1. The van der Waals surface area contributed by atoms with Crippen LogP contribution in [-0.4, -0.2) is 57.2 Å². The zero-order chi connectivity index (χ0) is 21.6. The molecule has 2 aromatic carbocycles. The number of nitrogens with one attached hydrogen (secondary N) is 1. The highest BCUT2D eigenvalue weighted by Crippen LogP contribution is 2.35. The summed E-state index contributed by atoms with van der Waals surface area (Å²) in [6.45, 7) is 1.74. The van der Waals surface area contributed by atoms with Gasteiger partial charge in [0.15, 0.2) is 6.61 Å². The van der Waals surface area contributed by atoms with Crippen molar-refractivity contribution in [1.82, 2.24) is 10.2 Å². The second-order valence-electron chi connectivity index (χ2n) is 7.69. The minimum absolute atomic E-state index is 0.0717. The summed E-state index contributed by atoms with van der Waals surface area (Å²) in [6.07, 6.45) is 1.65. The lowest BCUT2D eigenvalue weighted by Gasteiger charge is -2.38. The molecule has 1 aliphatic rings. The predicted molar refractivity (Wildman–Crippen MR) is 116 cm³/mol. The van der Waals surface area contributed by atoms with E-state index in [4.69, 9.17) is 21.1 Å². The summed E-state index contributed by atoms with van der Waals surface area (Å²) in [4.78, 5) is 26.0. The first-order valence-electron chi connectivity index (χ1n) is 9.95. The second-order valence-corrected chi connectivity index (χ2v) is 8.12. The summed E-state index contributed by atoms with van der Waals surface area (Å²) < 4.78 is 11.1. The molecule has 1 aliphatic heterocycles. The molecule has 0 atom stereocenters. The molecule has 1 heterocycles. The van der Waals surface area contributed by atoms with Gasteiger partial charge in [-0.3, -0.25) is 9.59 Å². The van der Waals surface area contributed by atoms with Crippen molar-refractivity contribution in [2.75, 3.05) is 40.5 Å². The van der Waals surface area contributed by atoms with Crippen LogP contribution in [0.5, 0.6) is 5.75 Å².